The smallest absolute Gasteiger partial charge is 0.255 e. The fraction of sp³-hybridized carbons (Fsp3) is 0.391. The molecule has 2 aliphatic carbocycles. The number of nitrogens with one attached hydrogen (secondary N) is 1. The Bertz CT molecular complexity index is 1020. The molecule has 4 nitrogen and oxygen atoms in total. The predicted octanol–water partition coefficient (Wildman–Crippen LogP) is 5.63. The lowest BCUT2D eigenvalue weighted by atomic mass is 9.76. The van der Waals surface area contributed by atoms with E-state index >= 15 is 0 Å². The molecule has 2 N–H and O–H groups in total. The van der Waals surface area contributed by atoms with Gasteiger partial charge in [-0.05, 0) is 80.8 Å². The van der Waals surface area contributed by atoms with Crippen molar-refractivity contribution >= 4 is 35.0 Å². The van der Waals surface area contributed by atoms with E-state index in [1.807, 2.05) is 6.92 Å². The highest BCUT2D eigenvalue weighted by Gasteiger charge is 2.50. The first-order valence-electron chi connectivity index (χ1n) is 9.97. The normalized spacial score (nSPS) is 27.5. The molecule has 2 aliphatic rings. The van der Waals surface area contributed by atoms with Crippen LogP contribution in [0.1, 0.15) is 48.5 Å². The molecule has 0 heterocycles. The molecule has 7 heteroatoms. The van der Waals surface area contributed by atoms with Crippen LogP contribution in [0.25, 0.3) is 0 Å². The lowest BCUT2D eigenvalue weighted by molar-refractivity contribution is -0.0407. The Morgan fingerprint density at radius 1 is 1.27 bits per heavy atom. The van der Waals surface area contributed by atoms with Crippen LogP contribution in [0.15, 0.2) is 41.3 Å². The van der Waals surface area contributed by atoms with Gasteiger partial charge in [-0.1, -0.05) is 11.6 Å². The summed E-state index contributed by atoms with van der Waals surface area (Å²) in [4.78, 5) is 13.5. The number of halogens is 2. The Balaban J connectivity index is 1.48. The summed E-state index contributed by atoms with van der Waals surface area (Å²) in [5.74, 6) is -0.351. The van der Waals surface area contributed by atoms with Crippen molar-refractivity contribution in [1.29, 1.82) is 5.26 Å². The molecule has 156 valence electrons. The zero-order valence-corrected chi connectivity index (χ0v) is 18.1. The third-order valence-electron chi connectivity index (χ3n) is 6.44. The molecule has 0 spiro atoms. The number of nitrogens with zero attached hydrogens (tertiary/aromatic N) is 1. The first-order valence-corrected chi connectivity index (χ1v) is 11.2. The van der Waals surface area contributed by atoms with Crippen LogP contribution in [0.2, 0.25) is 5.02 Å². The van der Waals surface area contributed by atoms with Crippen molar-refractivity contribution in [2.75, 3.05) is 5.32 Å². The van der Waals surface area contributed by atoms with Crippen LogP contribution in [-0.4, -0.2) is 21.9 Å². The molecular weight excluding hydrogens is 423 g/mol. The standard InChI is InChI=1S/C23H22ClFN2O2S/c1-23(29)15-3-4-16(23)11-18(10-15)30-21-9-13(2-6-19(21)24)22(28)27-17-5-7-20(25)14(8-17)12-26/h2,5-9,15-16,18,29H,3-4,10-11H2,1H3,(H,27,28)/t15-,16?,18-,23-/m1/s1. The summed E-state index contributed by atoms with van der Waals surface area (Å²) in [6, 6.07) is 10.8. The number of hydrogen-bond donors (Lipinski definition) is 2. The van der Waals surface area contributed by atoms with Crippen molar-refractivity contribution in [3.05, 3.63) is 58.4 Å². The Morgan fingerprint density at radius 3 is 2.63 bits per heavy atom. The first kappa shape index (κ1) is 21.2. The fourth-order valence-corrected chi connectivity index (χ4v) is 6.31. The molecule has 30 heavy (non-hydrogen) atoms. The molecular formula is C23H22ClFN2O2S. The molecule has 4 rings (SSSR count). The van der Waals surface area contributed by atoms with Gasteiger partial charge in [0.1, 0.15) is 11.9 Å². The number of carbonyl (C=O) groups excluding carboxylic acids is 1. The zero-order chi connectivity index (χ0) is 21.5. The van der Waals surface area contributed by atoms with E-state index in [1.165, 1.54) is 12.1 Å². The summed E-state index contributed by atoms with van der Waals surface area (Å²) >= 11 is 8.07. The molecule has 2 fully saturated rings. The Morgan fingerprint density at radius 2 is 1.97 bits per heavy atom. The van der Waals surface area contributed by atoms with Gasteiger partial charge in [0, 0.05) is 21.4 Å². The summed E-state index contributed by atoms with van der Waals surface area (Å²) in [6.45, 7) is 1.96. The molecule has 2 aromatic rings. The number of amides is 1. The third-order valence-corrected chi connectivity index (χ3v) is 8.19. The highest BCUT2D eigenvalue weighted by Crippen LogP contribution is 2.53. The van der Waals surface area contributed by atoms with E-state index in [0.29, 0.717) is 33.4 Å². The van der Waals surface area contributed by atoms with Crippen LogP contribution in [0, 0.1) is 29.0 Å². The van der Waals surface area contributed by atoms with Crippen LogP contribution in [0.5, 0.6) is 0 Å². The molecule has 1 unspecified atom stereocenters. The average Bonchev–Trinajstić information content (AvgIpc) is 2.87. The van der Waals surface area contributed by atoms with Crippen LogP contribution in [-0.2, 0) is 0 Å². The van der Waals surface area contributed by atoms with Gasteiger partial charge in [0.15, 0.2) is 0 Å². The van der Waals surface area contributed by atoms with Crippen LogP contribution < -0.4 is 5.32 Å². The second-order valence-electron chi connectivity index (χ2n) is 8.31. The first-order chi connectivity index (χ1) is 14.3. The van der Waals surface area contributed by atoms with E-state index in [-0.39, 0.29) is 11.5 Å². The van der Waals surface area contributed by atoms with Gasteiger partial charge in [-0.3, -0.25) is 4.79 Å². The topological polar surface area (TPSA) is 73.1 Å². The fourth-order valence-electron chi connectivity index (χ4n) is 4.67. The number of thioether (sulfide) groups is 1. The minimum atomic E-state index is -0.624. The summed E-state index contributed by atoms with van der Waals surface area (Å²) in [5, 5.41) is 23.3. The van der Waals surface area contributed by atoms with E-state index in [4.69, 9.17) is 16.9 Å². The molecule has 4 atom stereocenters. The number of anilines is 1. The van der Waals surface area contributed by atoms with E-state index in [2.05, 4.69) is 5.32 Å². The lowest BCUT2D eigenvalue weighted by Crippen LogP contribution is -2.42. The number of benzene rings is 2. The van der Waals surface area contributed by atoms with Gasteiger partial charge in [0.05, 0.1) is 16.2 Å². The highest BCUT2D eigenvalue weighted by molar-refractivity contribution is 8.00. The summed E-state index contributed by atoms with van der Waals surface area (Å²) in [6.07, 6.45) is 4.00. The number of fused-ring (bicyclic) bond motifs is 2. The molecule has 2 aromatic carbocycles. The van der Waals surface area contributed by atoms with Gasteiger partial charge >= 0.3 is 0 Å². The van der Waals surface area contributed by atoms with Crippen LogP contribution >= 0.6 is 23.4 Å². The second-order valence-corrected chi connectivity index (χ2v) is 10.1. The Kier molecular flexibility index (Phi) is 5.80. The number of rotatable bonds is 4. The van der Waals surface area contributed by atoms with Crippen molar-refractivity contribution in [3.8, 4) is 6.07 Å². The van der Waals surface area contributed by atoms with Crippen LogP contribution in [0.3, 0.4) is 0 Å². The summed E-state index contributed by atoms with van der Waals surface area (Å²) < 4.78 is 13.5. The van der Waals surface area contributed by atoms with E-state index < -0.39 is 11.4 Å². The van der Waals surface area contributed by atoms with E-state index in [9.17, 15) is 14.3 Å². The molecule has 2 bridgehead atoms. The number of aliphatic hydroxyl groups is 1. The number of carbonyl (C=O) groups is 1. The van der Waals surface area contributed by atoms with Crippen molar-refractivity contribution in [1.82, 2.24) is 0 Å². The maximum absolute atomic E-state index is 13.5. The molecule has 2 saturated carbocycles. The molecule has 0 aliphatic heterocycles. The van der Waals surface area contributed by atoms with Gasteiger partial charge in [-0.25, -0.2) is 4.39 Å². The van der Waals surface area contributed by atoms with Gasteiger partial charge in [0.25, 0.3) is 5.91 Å². The monoisotopic (exact) mass is 444 g/mol. The average molecular weight is 445 g/mol. The molecule has 0 saturated heterocycles. The minimum absolute atomic E-state index is 0.122. The minimum Gasteiger partial charge on any atom is -0.390 e. The number of hydrogen-bond acceptors (Lipinski definition) is 4. The maximum atomic E-state index is 13.5. The van der Waals surface area contributed by atoms with Crippen molar-refractivity contribution in [3.63, 3.8) is 0 Å². The quantitative estimate of drug-likeness (QED) is 0.640. The Hall–Kier alpha value is -2.07. The number of nitriles is 1. The van der Waals surface area contributed by atoms with Gasteiger partial charge in [-0.15, -0.1) is 11.8 Å². The highest BCUT2D eigenvalue weighted by atomic mass is 35.5. The molecule has 1 amide bonds. The van der Waals surface area contributed by atoms with E-state index in [1.54, 1.807) is 36.0 Å². The summed E-state index contributed by atoms with van der Waals surface area (Å²) in [5.41, 5.74) is 0.103. The predicted molar refractivity (Wildman–Crippen MR) is 116 cm³/mol. The van der Waals surface area contributed by atoms with E-state index in [0.717, 1.165) is 36.6 Å². The molecule has 0 radical (unpaired) electrons. The zero-order valence-electron chi connectivity index (χ0n) is 16.5. The largest absolute Gasteiger partial charge is 0.390 e. The van der Waals surface area contributed by atoms with Gasteiger partial charge in [-0.2, -0.15) is 5.26 Å². The van der Waals surface area contributed by atoms with Crippen LogP contribution in [0.4, 0.5) is 10.1 Å². The SMILES string of the molecule is C[C@]1(O)C2CC[C@@H]1C[C@@H](Sc1cc(C(=O)Nc3ccc(F)c(C#N)c3)ccc1Cl)C2. The summed E-state index contributed by atoms with van der Waals surface area (Å²) in [7, 11) is 0. The van der Waals surface area contributed by atoms with Gasteiger partial charge < -0.3 is 10.4 Å². The van der Waals surface area contributed by atoms with Crippen molar-refractivity contribution < 1.29 is 14.3 Å². The van der Waals surface area contributed by atoms with Gasteiger partial charge in [0.2, 0.25) is 0 Å². The lowest BCUT2D eigenvalue weighted by Gasteiger charge is -2.40. The van der Waals surface area contributed by atoms with Crippen molar-refractivity contribution in [2.45, 2.75) is 48.4 Å². The molecule has 0 aromatic heterocycles. The maximum Gasteiger partial charge on any atom is 0.255 e. The van der Waals surface area contributed by atoms with Crippen molar-refractivity contribution in [2.24, 2.45) is 11.8 Å². The Labute approximate surface area is 184 Å². The second kappa shape index (κ2) is 8.22. The third kappa shape index (κ3) is 4.07.